The fraction of sp³-hybridized carbons (Fsp3) is 0. The van der Waals surface area contributed by atoms with Gasteiger partial charge in [0.25, 0.3) is 0 Å². The number of fused-ring (bicyclic) bond motifs is 9. The Labute approximate surface area is 317 Å². The van der Waals surface area contributed by atoms with Gasteiger partial charge < -0.3 is 13.9 Å². The molecule has 3 heteroatoms. The molecule has 0 N–H and O–H groups in total. The van der Waals surface area contributed by atoms with Crippen molar-refractivity contribution in [1.29, 1.82) is 0 Å². The van der Waals surface area contributed by atoms with Crippen LogP contribution < -0.4 is 4.74 Å². The molecule has 0 saturated heterocycles. The van der Waals surface area contributed by atoms with Crippen molar-refractivity contribution in [2.24, 2.45) is 0 Å². The molecule has 11 aromatic rings. The maximum absolute atomic E-state index is 6.90. The topological polar surface area (TPSA) is 19.1 Å². The van der Waals surface area contributed by atoms with Crippen LogP contribution in [0.3, 0.4) is 0 Å². The summed E-state index contributed by atoms with van der Waals surface area (Å²) in [7, 11) is 0. The van der Waals surface area contributed by atoms with Crippen LogP contribution in [0.25, 0.3) is 99.1 Å². The van der Waals surface area contributed by atoms with Crippen LogP contribution >= 0.6 is 0 Å². The van der Waals surface area contributed by atoms with Crippen molar-refractivity contribution in [3.63, 3.8) is 0 Å². The first kappa shape index (κ1) is 30.1. The van der Waals surface area contributed by atoms with Crippen LogP contribution in [-0.4, -0.2) is 9.13 Å². The molecular weight excluding hydrogens is 669 g/mol. The summed E-state index contributed by atoms with van der Waals surface area (Å²) in [4.78, 5) is 0. The van der Waals surface area contributed by atoms with E-state index in [1.54, 1.807) is 0 Å². The van der Waals surface area contributed by atoms with Crippen molar-refractivity contribution in [3.05, 3.63) is 194 Å². The lowest BCUT2D eigenvalue weighted by Gasteiger charge is -2.23. The molecule has 0 unspecified atom stereocenters. The molecule has 12 rings (SSSR count). The number of benzene rings is 9. The van der Waals surface area contributed by atoms with Gasteiger partial charge in [0.2, 0.25) is 0 Å². The molecule has 0 radical (unpaired) electrons. The third-order valence-corrected chi connectivity index (χ3v) is 11.5. The minimum Gasteiger partial charge on any atom is -0.456 e. The van der Waals surface area contributed by atoms with Gasteiger partial charge in [0.1, 0.15) is 11.5 Å². The second-order valence-electron chi connectivity index (χ2n) is 14.5. The zero-order valence-corrected chi connectivity index (χ0v) is 29.8. The molecule has 1 aliphatic rings. The Bertz CT molecular complexity index is 3220. The molecule has 0 fully saturated rings. The van der Waals surface area contributed by atoms with Gasteiger partial charge in [-0.05, 0) is 99.9 Å². The Hall–Kier alpha value is -7.36. The first-order chi connectivity index (χ1) is 27.3. The van der Waals surface area contributed by atoms with Gasteiger partial charge in [-0.1, -0.05) is 121 Å². The number of ether oxygens (including phenoxy) is 1. The molecule has 0 aliphatic carbocycles. The average molecular weight is 701 g/mol. The minimum absolute atomic E-state index is 0.857. The highest BCUT2D eigenvalue weighted by Gasteiger charge is 2.26. The van der Waals surface area contributed by atoms with Crippen LogP contribution in [0.5, 0.6) is 11.5 Å². The number of aromatic nitrogens is 2. The largest absolute Gasteiger partial charge is 0.456 e. The molecule has 1 aliphatic heterocycles. The van der Waals surface area contributed by atoms with Crippen LogP contribution in [0.4, 0.5) is 0 Å². The Morgan fingerprint density at radius 1 is 0.291 bits per heavy atom. The summed E-state index contributed by atoms with van der Waals surface area (Å²) in [5.41, 5.74) is 14.0. The molecule has 0 amide bonds. The minimum atomic E-state index is 0.857. The normalized spacial score (nSPS) is 12.1. The second kappa shape index (κ2) is 11.6. The van der Waals surface area contributed by atoms with Gasteiger partial charge in [-0.15, -0.1) is 0 Å². The third-order valence-electron chi connectivity index (χ3n) is 11.5. The molecule has 0 spiro atoms. The summed E-state index contributed by atoms with van der Waals surface area (Å²) in [6, 6.07) is 70.1. The number of hydrogen-bond donors (Lipinski definition) is 0. The van der Waals surface area contributed by atoms with Crippen molar-refractivity contribution >= 4 is 54.4 Å². The average Bonchev–Trinajstić information content (AvgIpc) is 3.76. The highest BCUT2D eigenvalue weighted by Crippen LogP contribution is 2.51. The summed E-state index contributed by atoms with van der Waals surface area (Å²) in [5.74, 6) is 1.74. The summed E-state index contributed by atoms with van der Waals surface area (Å²) < 4.78 is 11.7. The predicted octanol–water partition coefficient (Wildman–Crippen LogP) is 14.1. The summed E-state index contributed by atoms with van der Waals surface area (Å²) in [6.45, 7) is 0. The molecule has 2 aromatic heterocycles. The Balaban J connectivity index is 1.09. The summed E-state index contributed by atoms with van der Waals surface area (Å²) in [5, 5.41) is 7.29. The van der Waals surface area contributed by atoms with E-state index >= 15 is 0 Å². The van der Waals surface area contributed by atoms with E-state index in [2.05, 4.69) is 203 Å². The zero-order chi connectivity index (χ0) is 36.0. The van der Waals surface area contributed by atoms with Crippen molar-refractivity contribution in [2.75, 3.05) is 0 Å². The Morgan fingerprint density at radius 2 is 0.873 bits per heavy atom. The van der Waals surface area contributed by atoms with Crippen molar-refractivity contribution in [1.82, 2.24) is 9.13 Å². The lowest BCUT2D eigenvalue weighted by atomic mass is 9.92. The standard InChI is InChI=1S/C52H32N2O/c1-4-13-33(14-5-1)35-23-27-46-42(29-35)43-30-36(34-15-6-2-7-16-34)24-28-47(43)54(46)38-25-26-39-44-32-48-51(41-20-12-22-49(52(41)44)55-50(39)31-38)40-19-10-11-21-45(40)53(48)37-17-8-3-9-18-37/h1-32H. The summed E-state index contributed by atoms with van der Waals surface area (Å²) in [6.07, 6.45) is 0. The third kappa shape index (κ3) is 4.44. The highest BCUT2D eigenvalue weighted by molar-refractivity contribution is 6.26. The zero-order valence-electron chi connectivity index (χ0n) is 29.8. The van der Waals surface area contributed by atoms with Crippen LogP contribution in [0, 0.1) is 0 Å². The monoisotopic (exact) mass is 700 g/mol. The number of rotatable bonds is 4. The van der Waals surface area contributed by atoms with Gasteiger partial charge in [-0.2, -0.15) is 0 Å². The molecular formula is C52H32N2O. The van der Waals surface area contributed by atoms with E-state index in [1.807, 2.05) is 0 Å². The molecule has 0 saturated carbocycles. The quantitative estimate of drug-likeness (QED) is 0.179. The van der Waals surface area contributed by atoms with Crippen LogP contribution in [0.2, 0.25) is 0 Å². The molecule has 0 bridgehead atoms. The molecule has 9 aromatic carbocycles. The van der Waals surface area contributed by atoms with Crippen LogP contribution in [0.15, 0.2) is 194 Å². The van der Waals surface area contributed by atoms with Gasteiger partial charge in [-0.3, -0.25) is 0 Å². The fourth-order valence-corrected chi connectivity index (χ4v) is 9.06. The van der Waals surface area contributed by atoms with Crippen molar-refractivity contribution in [2.45, 2.75) is 0 Å². The highest BCUT2D eigenvalue weighted by atomic mass is 16.5. The number of hydrogen-bond acceptors (Lipinski definition) is 1. The van der Waals surface area contributed by atoms with Gasteiger partial charge in [0.05, 0.1) is 22.1 Å². The number of para-hydroxylation sites is 2. The van der Waals surface area contributed by atoms with Crippen molar-refractivity contribution in [3.8, 4) is 56.3 Å². The predicted molar refractivity (Wildman–Crippen MR) is 229 cm³/mol. The van der Waals surface area contributed by atoms with Gasteiger partial charge in [0.15, 0.2) is 0 Å². The molecule has 55 heavy (non-hydrogen) atoms. The molecule has 256 valence electrons. The van der Waals surface area contributed by atoms with Crippen molar-refractivity contribution < 1.29 is 4.74 Å². The van der Waals surface area contributed by atoms with E-state index in [1.165, 1.54) is 65.8 Å². The Kier molecular flexibility index (Phi) is 6.34. The van der Waals surface area contributed by atoms with Gasteiger partial charge in [-0.25, -0.2) is 0 Å². The van der Waals surface area contributed by atoms with E-state index < -0.39 is 0 Å². The van der Waals surface area contributed by atoms with Crippen LogP contribution in [-0.2, 0) is 0 Å². The SMILES string of the molecule is c1ccc(-c2ccc3c(c2)c2cc(-c4ccccc4)ccc2n3-c2ccc3c(c2)Oc2cccc4c2c-3cc2c4c3ccccc3n2-c2ccccc2)cc1. The Morgan fingerprint density at radius 3 is 1.56 bits per heavy atom. The van der Waals surface area contributed by atoms with E-state index in [-0.39, 0.29) is 0 Å². The molecule has 3 heterocycles. The smallest absolute Gasteiger partial charge is 0.137 e. The van der Waals surface area contributed by atoms with E-state index in [9.17, 15) is 0 Å². The lowest BCUT2D eigenvalue weighted by Crippen LogP contribution is -2.01. The van der Waals surface area contributed by atoms with E-state index in [0.29, 0.717) is 0 Å². The first-order valence-corrected chi connectivity index (χ1v) is 18.8. The van der Waals surface area contributed by atoms with E-state index in [0.717, 1.165) is 44.9 Å². The van der Waals surface area contributed by atoms with E-state index in [4.69, 9.17) is 4.74 Å². The fourth-order valence-electron chi connectivity index (χ4n) is 9.06. The second-order valence-corrected chi connectivity index (χ2v) is 14.5. The van der Waals surface area contributed by atoms with Gasteiger partial charge >= 0.3 is 0 Å². The summed E-state index contributed by atoms with van der Waals surface area (Å²) >= 11 is 0. The maximum Gasteiger partial charge on any atom is 0.137 e. The number of nitrogens with zero attached hydrogens (tertiary/aromatic N) is 2. The first-order valence-electron chi connectivity index (χ1n) is 18.8. The van der Waals surface area contributed by atoms with Crippen LogP contribution in [0.1, 0.15) is 0 Å². The maximum atomic E-state index is 6.90. The van der Waals surface area contributed by atoms with Gasteiger partial charge in [0, 0.05) is 49.9 Å². The molecule has 0 atom stereocenters. The molecule has 3 nitrogen and oxygen atoms in total. The lowest BCUT2D eigenvalue weighted by molar-refractivity contribution is 0.487.